The fourth-order valence-electron chi connectivity index (χ4n) is 1.21. The molecular weight excluding hydrogens is 300 g/mol. The lowest BCUT2D eigenvalue weighted by molar-refractivity contribution is -0.140. The monoisotopic (exact) mass is 314 g/mol. The summed E-state index contributed by atoms with van der Waals surface area (Å²) in [7, 11) is 0. The van der Waals surface area contributed by atoms with Gasteiger partial charge in [-0.1, -0.05) is 0 Å². The molecule has 0 saturated carbocycles. The molecule has 0 atom stereocenters. The van der Waals surface area contributed by atoms with Gasteiger partial charge in [0.15, 0.2) is 0 Å². The van der Waals surface area contributed by atoms with Crippen molar-refractivity contribution in [3.05, 3.63) is 29.6 Å². The van der Waals surface area contributed by atoms with Crippen molar-refractivity contribution >= 4 is 24.0 Å². The summed E-state index contributed by atoms with van der Waals surface area (Å²) in [4.78, 5) is 11.7. The molecule has 0 fully saturated rings. The van der Waals surface area contributed by atoms with Crippen molar-refractivity contribution in [2.45, 2.75) is 20.0 Å². The maximum atomic E-state index is 13.1. The van der Waals surface area contributed by atoms with Crippen LogP contribution in [-0.4, -0.2) is 12.5 Å². The number of hydrogen-bond acceptors (Lipinski definition) is 2. The third-order valence-electron chi connectivity index (χ3n) is 2.65. The topological polar surface area (TPSA) is 55.1 Å². The first-order chi connectivity index (χ1) is 8.58. The van der Waals surface area contributed by atoms with Gasteiger partial charge in [-0.15, -0.1) is 12.4 Å². The molecule has 0 spiro atoms. The van der Waals surface area contributed by atoms with E-state index in [1.165, 1.54) is 0 Å². The van der Waals surface area contributed by atoms with Crippen LogP contribution in [0.2, 0.25) is 0 Å². The second-order valence-corrected chi connectivity index (χ2v) is 4.73. The SMILES string of the molecule is CC(C)(CN)C(=O)Nc1ccc(F)c(C(F)(F)F)c1.Cl. The number of alkyl halides is 3. The second kappa shape index (κ2) is 6.41. The van der Waals surface area contributed by atoms with Crippen LogP contribution in [-0.2, 0) is 11.0 Å². The van der Waals surface area contributed by atoms with E-state index in [9.17, 15) is 22.4 Å². The summed E-state index contributed by atoms with van der Waals surface area (Å²) in [6, 6.07) is 2.28. The molecule has 0 saturated heterocycles. The first-order valence-electron chi connectivity index (χ1n) is 5.46. The first kappa shape index (κ1) is 18.7. The number of halogens is 5. The van der Waals surface area contributed by atoms with Crippen LogP contribution in [0.1, 0.15) is 19.4 Å². The number of benzene rings is 1. The number of rotatable bonds is 3. The Morgan fingerprint density at radius 1 is 1.30 bits per heavy atom. The van der Waals surface area contributed by atoms with E-state index in [-0.39, 0.29) is 24.6 Å². The number of carbonyl (C=O) groups excluding carboxylic acids is 1. The van der Waals surface area contributed by atoms with Crippen molar-refractivity contribution in [1.82, 2.24) is 0 Å². The van der Waals surface area contributed by atoms with Crippen molar-refractivity contribution in [2.24, 2.45) is 11.1 Å². The molecule has 0 aromatic heterocycles. The van der Waals surface area contributed by atoms with E-state index in [4.69, 9.17) is 5.73 Å². The molecule has 1 aromatic carbocycles. The highest BCUT2D eigenvalue weighted by atomic mass is 35.5. The number of carbonyl (C=O) groups is 1. The van der Waals surface area contributed by atoms with Gasteiger partial charge in [0.2, 0.25) is 5.91 Å². The van der Waals surface area contributed by atoms with E-state index in [1.54, 1.807) is 13.8 Å². The molecule has 1 rings (SSSR count). The lowest BCUT2D eigenvalue weighted by atomic mass is 9.92. The van der Waals surface area contributed by atoms with Gasteiger partial charge in [0.05, 0.1) is 11.0 Å². The summed E-state index contributed by atoms with van der Waals surface area (Å²) in [5, 5.41) is 2.29. The lowest BCUT2D eigenvalue weighted by Gasteiger charge is -2.21. The maximum absolute atomic E-state index is 13.1. The maximum Gasteiger partial charge on any atom is 0.419 e. The largest absolute Gasteiger partial charge is 0.419 e. The Bertz CT molecular complexity index is 489. The predicted octanol–water partition coefficient (Wildman–Crippen LogP) is 3.19. The molecule has 0 aliphatic heterocycles. The Hall–Kier alpha value is -1.34. The van der Waals surface area contributed by atoms with Crippen LogP contribution >= 0.6 is 12.4 Å². The van der Waals surface area contributed by atoms with Gasteiger partial charge >= 0.3 is 6.18 Å². The van der Waals surface area contributed by atoms with E-state index in [0.29, 0.717) is 12.1 Å². The summed E-state index contributed by atoms with van der Waals surface area (Å²) >= 11 is 0. The zero-order valence-corrected chi connectivity index (χ0v) is 11.7. The number of hydrogen-bond donors (Lipinski definition) is 2. The normalized spacial score (nSPS) is 11.8. The molecule has 0 aliphatic carbocycles. The Morgan fingerprint density at radius 3 is 2.30 bits per heavy atom. The Morgan fingerprint density at radius 2 is 1.85 bits per heavy atom. The van der Waals surface area contributed by atoms with Crippen molar-refractivity contribution in [3.63, 3.8) is 0 Å². The summed E-state index contributed by atoms with van der Waals surface area (Å²) < 4.78 is 50.5. The molecule has 3 N–H and O–H groups in total. The van der Waals surface area contributed by atoms with Crippen LogP contribution in [0.5, 0.6) is 0 Å². The van der Waals surface area contributed by atoms with E-state index in [0.717, 1.165) is 6.07 Å². The zero-order chi connectivity index (χ0) is 14.8. The van der Waals surface area contributed by atoms with E-state index < -0.39 is 28.9 Å². The van der Waals surface area contributed by atoms with Gasteiger partial charge in [0.1, 0.15) is 5.82 Å². The van der Waals surface area contributed by atoms with E-state index in [1.807, 2.05) is 0 Å². The van der Waals surface area contributed by atoms with Gasteiger partial charge in [-0.05, 0) is 32.0 Å². The number of amides is 1. The number of nitrogens with two attached hydrogens (primary N) is 1. The first-order valence-corrected chi connectivity index (χ1v) is 5.46. The van der Waals surface area contributed by atoms with Crippen molar-refractivity contribution < 1.29 is 22.4 Å². The summed E-state index contributed by atoms with van der Waals surface area (Å²) in [6.07, 6.45) is -4.81. The van der Waals surface area contributed by atoms with Gasteiger partial charge in [-0.3, -0.25) is 4.79 Å². The molecule has 1 aromatic rings. The Labute approximate surface area is 119 Å². The fourth-order valence-corrected chi connectivity index (χ4v) is 1.21. The van der Waals surface area contributed by atoms with Crippen LogP contribution in [0.25, 0.3) is 0 Å². The van der Waals surface area contributed by atoms with E-state index >= 15 is 0 Å². The molecule has 1 amide bonds. The Balaban J connectivity index is 0.00000361. The summed E-state index contributed by atoms with van der Waals surface area (Å²) in [5.41, 5.74) is 2.91. The fraction of sp³-hybridized carbons (Fsp3) is 0.417. The van der Waals surface area contributed by atoms with Crippen LogP contribution in [0.4, 0.5) is 23.2 Å². The molecule has 0 radical (unpaired) electrons. The number of anilines is 1. The van der Waals surface area contributed by atoms with Gasteiger partial charge < -0.3 is 11.1 Å². The molecule has 114 valence electrons. The highest BCUT2D eigenvalue weighted by Gasteiger charge is 2.34. The minimum absolute atomic E-state index is 0. The highest BCUT2D eigenvalue weighted by Crippen LogP contribution is 2.33. The Kier molecular flexibility index (Phi) is 5.98. The molecule has 0 aliphatic rings. The highest BCUT2D eigenvalue weighted by molar-refractivity contribution is 5.95. The summed E-state index contributed by atoms with van der Waals surface area (Å²) in [6.45, 7) is 3.14. The minimum atomic E-state index is -4.81. The van der Waals surface area contributed by atoms with Crippen LogP contribution < -0.4 is 11.1 Å². The van der Waals surface area contributed by atoms with Crippen molar-refractivity contribution in [1.29, 1.82) is 0 Å². The molecule has 3 nitrogen and oxygen atoms in total. The van der Waals surface area contributed by atoms with Crippen molar-refractivity contribution in [2.75, 3.05) is 11.9 Å². The lowest BCUT2D eigenvalue weighted by Crippen LogP contribution is -2.37. The molecule has 8 heteroatoms. The van der Waals surface area contributed by atoms with Gasteiger partial charge in [-0.25, -0.2) is 4.39 Å². The van der Waals surface area contributed by atoms with Gasteiger partial charge in [-0.2, -0.15) is 13.2 Å². The molecule has 0 bridgehead atoms. The molecule has 0 heterocycles. The number of nitrogens with one attached hydrogen (secondary N) is 1. The molecule has 0 unspecified atom stereocenters. The smallest absolute Gasteiger partial charge is 0.329 e. The third-order valence-corrected chi connectivity index (χ3v) is 2.65. The average molecular weight is 315 g/mol. The van der Waals surface area contributed by atoms with Crippen molar-refractivity contribution in [3.8, 4) is 0 Å². The minimum Gasteiger partial charge on any atom is -0.329 e. The zero-order valence-electron chi connectivity index (χ0n) is 10.8. The van der Waals surface area contributed by atoms with E-state index in [2.05, 4.69) is 5.32 Å². The molecular formula is C12H15ClF4N2O. The van der Waals surface area contributed by atoms with Crippen LogP contribution in [0, 0.1) is 11.2 Å². The summed E-state index contributed by atoms with van der Waals surface area (Å²) in [5.74, 6) is -1.92. The van der Waals surface area contributed by atoms with Gasteiger partial charge in [0.25, 0.3) is 0 Å². The average Bonchev–Trinajstić information content (AvgIpc) is 2.30. The third kappa shape index (κ3) is 4.35. The van der Waals surface area contributed by atoms with Crippen LogP contribution in [0.3, 0.4) is 0 Å². The van der Waals surface area contributed by atoms with Crippen LogP contribution in [0.15, 0.2) is 18.2 Å². The molecule has 20 heavy (non-hydrogen) atoms. The standard InChI is InChI=1S/C12H14F4N2O.ClH/c1-11(2,6-17)10(19)18-7-3-4-9(13)8(5-7)12(14,15)16;/h3-5H,6,17H2,1-2H3,(H,18,19);1H. The quantitative estimate of drug-likeness (QED) is 0.842. The van der Waals surface area contributed by atoms with Gasteiger partial charge in [0, 0.05) is 12.2 Å². The predicted molar refractivity (Wildman–Crippen MR) is 70.1 cm³/mol. The second-order valence-electron chi connectivity index (χ2n) is 4.73.